The molecule has 0 radical (unpaired) electrons. The second kappa shape index (κ2) is 6.14. The van der Waals surface area contributed by atoms with E-state index in [2.05, 4.69) is 5.32 Å². The maximum atomic E-state index is 13.4. The molecule has 0 saturated carbocycles. The first-order valence-electron chi connectivity index (χ1n) is 6.69. The highest BCUT2D eigenvalue weighted by Crippen LogP contribution is 2.24. The molecule has 0 bridgehead atoms. The largest absolute Gasteiger partial charge is 0.313 e. The molecule has 0 aliphatic heterocycles. The van der Waals surface area contributed by atoms with Crippen LogP contribution in [0, 0.1) is 25.5 Å². The number of benzene rings is 2. The zero-order valence-electron chi connectivity index (χ0n) is 12.0. The first-order valence-corrected chi connectivity index (χ1v) is 6.69. The summed E-state index contributed by atoms with van der Waals surface area (Å²) in [5.41, 5.74) is 3.97. The van der Waals surface area contributed by atoms with Gasteiger partial charge in [0, 0.05) is 6.04 Å². The van der Waals surface area contributed by atoms with Crippen molar-refractivity contribution in [3.8, 4) is 0 Å². The highest BCUT2D eigenvalue weighted by atomic mass is 19.1. The molecule has 1 unspecified atom stereocenters. The van der Waals surface area contributed by atoms with Gasteiger partial charge < -0.3 is 5.32 Å². The van der Waals surface area contributed by atoms with Gasteiger partial charge in [-0.15, -0.1) is 0 Å². The van der Waals surface area contributed by atoms with E-state index in [1.54, 1.807) is 18.2 Å². The van der Waals surface area contributed by atoms with Crippen molar-refractivity contribution in [1.29, 1.82) is 0 Å². The van der Waals surface area contributed by atoms with Gasteiger partial charge in [0.15, 0.2) is 0 Å². The Morgan fingerprint density at radius 3 is 2.25 bits per heavy atom. The molecule has 0 heterocycles. The zero-order valence-corrected chi connectivity index (χ0v) is 12.0. The molecular formula is C17H19F2N. The molecule has 1 nitrogen and oxygen atoms in total. The van der Waals surface area contributed by atoms with Crippen molar-refractivity contribution in [3.05, 3.63) is 70.3 Å². The number of hydrogen-bond donors (Lipinski definition) is 1. The minimum atomic E-state index is -0.233. The highest BCUT2D eigenvalue weighted by molar-refractivity contribution is 5.33. The third-order valence-corrected chi connectivity index (χ3v) is 3.69. The van der Waals surface area contributed by atoms with Crippen LogP contribution >= 0.6 is 0 Å². The Hall–Kier alpha value is -1.74. The second-order valence-electron chi connectivity index (χ2n) is 5.12. The van der Waals surface area contributed by atoms with Gasteiger partial charge in [-0.25, -0.2) is 8.78 Å². The second-order valence-corrected chi connectivity index (χ2v) is 5.12. The van der Waals surface area contributed by atoms with Crippen molar-refractivity contribution < 1.29 is 8.78 Å². The fourth-order valence-electron chi connectivity index (χ4n) is 2.48. The van der Waals surface area contributed by atoms with Crippen molar-refractivity contribution in [2.24, 2.45) is 0 Å². The maximum absolute atomic E-state index is 13.4. The van der Waals surface area contributed by atoms with Crippen LogP contribution in [0.3, 0.4) is 0 Å². The number of halogens is 2. The predicted molar refractivity (Wildman–Crippen MR) is 77.8 cm³/mol. The average Bonchev–Trinajstić information content (AvgIpc) is 2.40. The monoisotopic (exact) mass is 275 g/mol. The molecule has 1 atom stereocenters. The van der Waals surface area contributed by atoms with Crippen molar-refractivity contribution in [1.82, 2.24) is 5.32 Å². The van der Waals surface area contributed by atoms with Crippen LogP contribution in [0.1, 0.15) is 28.3 Å². The Labute approximate surface area is 118 Å². The van der Waals surface area contributed by atoms with E-state index in [4.69, 9.17) is 0 Å². The molecule has 0 spiro atoms. The van der Waals surface area contributed by atoms with Crippen molar-refractivity contribution in [3.63, 3.8) is 0 Å². The van der Waals surface area contributed by atoms with Gasteiger partial charge in [0.1, 0.15) is 11.6 Å². The number of nitrogens with one attached hydrogen (secondary N) is 1. The van der Waals surface area contributed by atoms with E-state index in [9.17, 15) is 8.78 Å². The summed E-state index contributed by atoms with van der Waals surface area (Å²) in [7, 11) is 1.86. The van der Waals surface area contributed by atoms with Gasteiger partial charge in [0.25, 0.3) is 0 Å². The Morgan fingerprint density at radius 2 is 1.60 bits per heavy atom. The minimum absolute atomic E-state index is 0.0381. The molecule has 0 amide bonds. The molecule has 106 valence electrons. The van der Waals surface area contributed by atoms with E-state index in [0.717, 1.165) is 22.3 Å². The smallest absolute Gasteiger partial charge is 0.123 e. The third-order valence-electron chi connectivity index (χ3n) is 3.69. The SMILES string of the molecule is CNC(Cc1cc(F)ccc1C)c1ccc(F)cc1C. The van der Waals surface area contributed by atoms with E-state index < -0.39 is 0 Å². The Balaban J connectivity index is 2.31. The Kier molecular flexibility index (Phi) is 4.50. The Bertz CT molecular complexity index is 608. The fourth-order valence-corrected chi connectivity index (χ4v) is 2.48. The van der Waals surface area contributed by atoms with Gasteiger partial charge in [-0.2, -0.15) is 0 Å². The van der Waals surface area contributed by atoms with Crippen molar-refractivity contribution >= 4 is 0 Å². The van der Waals surface area contributed by atoms with Gasteiger partial charge >= 0.3 is 0 Å². The lowest BCUT2D eigenvalue weighted by molar-refractivity contribution is 0.575. The number of likely N-dealkylation sites (N-methyl/N-ethyl adjacent to an activating group) is 1. The Morgan fingerprint density at radius 1 is 0.950 bits per heavy atom. The lowest BCUT2D eigenvalue weighted by atomic mass is 9.93. The number of hydrogen-bond acceptors (Lipinski definition) is 1. The summed E-state index contributed by atoms with van der Waals surface area (Å²) in [4.78, 5) is 0. The van der Waals surface area contributed by atoms with Crippen LogP contribution in [-0.2, 0) is 6.42 Å². The average molecular weight is 275 g/mol. The number of aryl methyl sites for hydroxylation is 2. The maximum Gasteiger partial charge on any atom is 0.123 e. The lowest BCUT2D eigenvalue weighted by Gasteiger charge is -2.20. The molecular weight excluding hydrogens is 256 g/mol. The summed E-state index contributed by atoms with van der Waals surface area (Å²) in [5.74, 6) is -0.459. The normalized spacial score (nSPS) is 12.4. The molecule has 0 saturated heterocycles. The van der Waals surface area contributed by atoms with Gasteiger partial charge in [-0.05, 0) is 73.8 Å². The van der Waals surface area contributed by atoms with Crippen LogP contribution in [0.15, 0.2) is 36.4 Å². The van der Waals surface area contributed by atoms with Gasteiger partial charge in [-0.1, -0.05) is 12.1 Å². The molecule has 20 heavy (non-hydrogen) atoms. The van der Waals surface area contributed by atoms with Gasteiger partial charge in [-0.3, -0.25) is 0 Å². The van der Waals surface area contributed by atoms with Crippen LogP contribution in [0.4, 0.5) is 8.78 Å². The van der Waals surface area contributed by atoms with Crippen LogP contribution in [0.25, 0.3) is 0 Å². The molecule has 0 fully saturated rings. The minimum Gasteiger partial charge on any atom is -0.313 e. The standard InChI is InChI=1S/C17H19F2N/c1-11-4-5-15(19)9-13(11)10-17(20-3)16-7-6-14(18)8-12(16)2/h4-9,17,20H,10H2,1-3H3. The summed E-state index contributed by atoms with van der Waals surface area (Å²) >= 11 is 0. The lowest BCUT2D eigenvalue weighted by Crippen LogP contribution is -2.20. The summed E-state index contributed by atoms with van der Waals surface area (Å²) in [5, 5.41) is 3.23. The third kappa shape index (κ3) is 3.23. The predicted octanol–water partition coefficient (Wildman–Crippen LogP) is 4.08. The summed E-state index contributed by atoms with van der Waals surface area (Å²) < 4.78 is 26.6. The molecule has 0 aromatic heterocycles. The van der Waals surface area contributed by atoms with Crippen LogP contribution in [-0.4, -0.2) is 7.05 Å². The molecule has 3 heteroatoms. The van der Waals surface area contributed by atoms with E-state index in [1.807, 2.05) is 20.9 Å². The van der Waals surface area contributed by atoms with E-state index in [0.29, 0.717) is 6.42 Å². The quantitative estimate of drug-likeness (QED) is 0.886. The number of rotatable bonds is 4. The fraction of sp³-hybridized carbons (Fsp3) is 0.294. The van der Waals surface area contributed by atoms with Crippen molar-refractivity contribution in [2.45, 2.75) is 26.3 Å². The van der Waals surface area contributed by atoms with Crippen LogP contribution in [0.2, 0.25) is 0 Å². The molecule has 1 N–H and O–H groups in total. The molecule has 2 aromatic carbocycles. The summed E-state index contributed by atoms with van der Waals surface area (Å²) in [6.07, 6.45) is 0.673. The molecule has 2 aromatic rings. The first-order chi connectivity index (χ1) is 9.51. The van der Waals surface area contributed by atoms with Crippen LogP contribution in [0.5, 0.6) is 0 Å². The van der Waals surface area contributed by atoms with Crippen molar-refractivity contribution in [2.75, 3.05) is 7.05 Å². The molecule has 0 aliphatic rings. The van der Waals surface area contributed by atoms with Gasteiger partial charge in [0.05, 0.1) is 0 Å². The van der Waals surface area contributed by atoms with E-state index in [-0.39, 0.29) is 17.7 Å². The summed E-state index contributed by atoms with van der Waals surface area (Å²) in [6.45, 7) is 3.86. The molecule has 0 aliphatic carbocycles. The zero-order chi connectivity index (χ0) is 14.7. The molecule has 2 rings (SSSR count). The summed E-state index contributed by atoms with van der Waals surface area (Å²) in [6, 6.07) is 9.64. The van der Waals surface area contributed by atoms with E-state index in [1.165, 1.54) is 18.2 Å². The first kappa shape index (κ1) is 14.7. The van der Waals surface area contributed by atoms with Gasteiger partial charge in [0.2, 0.25) is 0 Å². The highest BCUT2D eigenvalue weighted by Gasteiger charge is 2.14. The topological polar surface area (TPSA) is 12.0 Å². The van der Waals surface area contributed by atoms with E-state index >= 15 is 0 Å². The van der Waals surface area contributed by atoms with Crippen LogP contribution < -0.4 is 5.32 Å².